The number of ether oxygens (including phenoxy) is 1. The van der Waals surface area contributed by atoms with Gasteiger partial charge in [0.25, 0.3) is 12.9 Å². The van der Waals surface area contributed by atoms with Crippen molar-refractivity contribution in [1.29, 1.82) is 0 Å². The SMILES string of the molecule is CC.CC(C)OC=O.CCN(Cc1cc(C(F)(F)F)cc(C(F)(F)F)c1)C1CC(C2CC2)N(C)c2ccc(C(F)F)nc21. The molecule has 2 heterocycles. The van der Waals surface area contributed by atoms with Crippen molar-refractivity contribution in [2.24, 2.45) is 5.92 Å². The first-order chi connectivity index (χ1) is 20.1. The van der Waals surface area contributed by atoms with Crippen LogP contribution in [0.2, 0.25) is 0 Å². The molecule has 1 aliphatic carbocycles. The highest BCUT2D eigenvalue weighted by Gasteiger charge is 2.43. The summed E-state index contributed by atoms with van der Waals surface area (Å²) in [6.07, 6.45) is -10.2. The van der Waals surface area contributed by atoms with Gasteiger partial charge in [-0.15, -0.1) is 0 Å². The summed E-state index contributed by atoms with van der Waals surface area (Å²) in [7, 11) is 1.86. The third-order valence-electron chi connectivity index (χ3n) is 7.18. The largest absolute Gasteiger partial charge is 0.465 e. The molecule has 1 aromatic carbocycles. The van der Waals surface area contributed by atoms with Crippen LogP contribution in [0.25, 0.3) is 0 Å². The molecule has 2 aliphatic rings. The van der Waals surface area contributed by atoms with Crippen LogP contribution in [0.15, 0.2) is 30.3 Å². The van der Waals surface area contributed by atoms with Crippen LogP contribution >= 0.6 is 0 Å². The van der Waals surface area contributed by atoms with Crippen LogP contribution in [0.3, 0.4) is 0 Å². The molecule has 13 heteroatoms. The number of rotatable bonds is 8. The molecule has 0 spiro atoms. The molecular formula is C30H39F8N3O2. The molecule has 1 fully saturated rings. The van der Waals surface area contributed by atoms with Crippen LogP contribution in [-0.4, -0.2) is 42.1 Å². The first-order valence-corrected chi connectivity index (χ1v) is 14.2. The van der Waals surface area contributed by atoms with Gasteiger partial charge in [0.2, 0.25) is 0 Å². The quantitative estimate of drug-likeness (QED) is 0.217. The lowest BCUT2D eigenvalue weighted by Gasteiger charge is -2.43. The van der Waals surface area contributed by atoms with E-state index in [0.29, 0.717) is 30.2 Å². The molecule has 0 saturated heterocycles. The predicted octanol–water partition coefficient (Wildman–Crippen LogP) is 8.83. The van der Waals surface area contributed by atoms with Gasteiger partial charge in [-0.25, -0.2) is 13.8 Å². The minimum Gasteiger partial charge on any atom is -0.465 e. The molecule has 1 aliphatic heterocycles. The Bertz CT molecular complexity index is 1150. The van der Waals surface area contributed by atoms with Crippen molar-refractivity contribution in [2.45, 2.75) is 97.4 Å². The highest BCUT2D eigenvalue weighted by molar-refractivity contribution is 5.55. The van der Waals surface area contributed by atoms with Crippen LogP contribution in [0, 0.1) is 5.92 Å². The molecule has 0 radical (unpaired) electrons. The van der Waals surface area contributed by atoms with Crippen molar-refractivity contribution < 1.29 is 44.7 Å². The number of hydrogen-bond donors (Lipinski definition) is 0. The topological polar surface area (TPSA) is 45.7 Å². The Hall–Kier alpha value is -2.96. The molecule has 5 nitrogen and oxygen atoms in total. The van der Waals surface area contributed by atoms with Gasteiger partial charge in [-0.1, -0.05) is 20.8 Å². The zero-order valence-corrected chi connectivity index (χ0v) is 25.1. The lowest BCUT2D eigenvalue weighted by Crippen LogP contribution is -2.44. The average molecular weight is 626 g/mol. The highest BCUT2D eigenvalue weighted by Crippen LogP contribution is 2.47. The Labute approximate surface area is 247 Å². The van der Waals surface area contributed by atoms with Gasteiger partial charge in [0.1, 0.15) is 5.69 Å². The van der Waals surface area contributed by atoms with E-state index in [0.717, 1.165) is 25.0 Å². The number of alkyl halides is 8. The summed E-state index contributed by atoms with van der Waals surface area (Å²) < 4.78 is 111. The Morgan fingerprint density at radius 2 is 1.58 bits per heavy atom. The van der Waals surface area contributed by atoms with Crippen molar-refractivity contribution in [1.82, 2.24) is 9.88 Å². The van der Waals surface area contributed by atoms with Crippen LogP contribution in [0.1, 0.15) is 94.4 Å². The summed E-state index contributed by atoms with van der Waals surface area (Å²) in [4.78, 5) is 17.3. The van der Waals surface area contributed by atoms with Crippen LogP contribution in [0.5, 0.6) is 0 Å². The summed E-state index contributed by atoms with van der Waals surface area (Å²) >= 11 is 0. The van der Waals surface area contributed by atoms with E-state index in [1.54, 1.807) is 31.7 Å². The summed E-state index contributed by atoms with van der Waals surface area (Å²) in [6, 6.07) is 3.91. The smallest absolute Gasteiger partial charge is 0.416 e. The fourth-order valence-electron chi connectivity index (χ4n) is 5.04. The Kier molecular flexibility index (Phi) is 12.8. The number of benzene rings is 1. The monoisotopic (exact) mass is 625 g/mol. The summed E-state index contributed by atoms with van der Waals surface area (Å²) in [5.74, 6) is 0.398. The maximum absolute atomic E-state index is 13.4. The standard InChI is InChI=1S/C24H25F8N3.C4H8O2.C2H6/c1-3-35(12-13-8-15(23(27,28)29)10-16(9-13)24(30,31)32)20-11-19(14-4-5-14)34(2)18-7-6-17(22(25)26)33-21(18)20;1-4(2)6-3-5;1-2/h6-10,14,19-20,22H,3-5,11-12H2,1-2H3;3-4H,1-2H3;1-2H3. The average Bonchev–Trinajstić information content (AvgIpc) is 3.78. The molecule has 1 aromatic heterocycles. The second-order valence-electron chi connectivity index (χ2n) is 10.5. The van der Waals surface area contributed by atoms with Gasteiger partial charge >= 0.3 is 12.4 Å². The molecular weight excluding hydrogens is 586 g/mol. The van der Waals surface area contributed by atoms with E-state index in [-0.39, 0.29) is 36.9 Å². The minimum atomic E-state index is -4.95. The van der Waals surface area contributed by atoms with E-state index in [2.05, 4.69) is 9.72 Å². The zero-order chi connectivity index (χ0) is 32.7. The number of hydrogen-bond acceptors (Lipinski definition) is 5. The number of carbonyl (C=O) groups excluding carboxylic acids is 1. The number of anilines is 1. The second kappa shape index (κ2) is 15.2. The van der Waals surface area contributed by atoms with E-state index in [1.807, 2.05) is 25.8 Å². The van der Waals surface area contributed by atoms with Gasteiger partial charge in [-0.2, -0.15) is 26.3 Å². The predicted molar refractivity (Wildman–Crippen MR) is 148 cm³/mol. The Morgan fingerprint density at radius 1 is 1.02 bits per heavy atom. The number of carbonyl (C=O) groups is 1. The van der Waals surface area contributed by atoms with Gasteiger partial charge < -0.3 is 9.64 Å². The van der Waals surface area contributed by atoms with Crippen molar-refractivity contribution in [3.8, 4) is 0 Å². The normalized spacial score (nSPS) is 18.5. The molecule has 2 atom stereocenters. The van der Waals surface area contributed by atoms with E-state index in [1.165, 1.54) is 6.07 Å². The van der Waals surface area contributed by atoms with E-state index in [9.17, 15) is 39.9 Å². The molecule has 2 unspecified atom stereocenters. The summed E-state index contributed by atoms with van der Waals surface area (Å²) in [6.45, 7) is 9.85. The van der Waals surface area contributed by atoms with Gasteiger partial charge in [-0.05, 0) is 81.5 Å². The minimum absolute atomic E-state index is 0.0301. The Morgan fingerprint density at radius 3 is 1.98 bits per heavy atom. The summed E-state index contributed by atoms with van der Waals surface area (Å²) in [5.41, 5.74) is -2.30. The third-order valence-corrected chi connectivity index (χ3v) is 7.18. The van der Waals surface area contributed by atoms with Crippen molar-refractivity contribution in [3.05, 3.63) is 58.4 Å². The molecule has 2 aromatic rings. The number of nitrogens with zero attached hydrogens (tertiary/aromatic N) is 3. The lowest BCUT2D eigenvalue weighted by atomic mass is 9.90. The lowest BCUT2D eigenvalue weighted by molar-refractivity contribution is -0.143. The van der Waals surface area contributed by atoms with Crippen LogP contribution in [0.4, 0.5) is 40.8 Å². The molecule has 0 N–H and O–H groups in total. The molecule has 4 rings (SSSR count). The fourth-order valence-corrected chi connectivity index (χ4v) is 5.04. The Balaban J connectivity index is 0.000000720. The van der Waals surface area contributed by atoms with E-state index in [4.69, 9.17) is 0 Å². The van der Waals surface area contributed by atoms with E-state index >= 15 is 0 Å². The maximum atomic E-state index is 13.4. The first-order valence-electron chi connectivity index (χ1n) is 14.2. The first kappa shape index (κ1) is 36.2. The van der Waals surface area contributed by atoms with Crippen molar-refractivity contribution in [2.75, 3.05) is 18.5 Å². The molecule has 0 bridgehead atoms. The van der Waals surface area contributed by atoms with Crippen LogP contribution in [-0.2, 0) is 28.4 Å². The van der Waals surface area contributed by atoms with Crippen molar-refractivity contribution >= 4 is 12.2 Å². The van der Waals surface area contributed by atoms with Gasteiger partial charge in [0.05, 0.1) is 34.7 Å². The maximum Gasteiger partial charge on any atom is 0.416 e. The van der Waals surface area contributed by atoms with E-state index < -0.39 is 41.6 Å². The highest BCUT2D eigenvalue weighted by atomic mass is 19.4. The van der Waals surface area contributed by atoms with Gasteiger partial charge in [0, 0.05) is 19.6 Å². The third kappa shape index (κ3) is 9.77. The van der Waals surface area contributed by atoms with Gasteiger partial charge in [0.15, 0.2) is 0 Å². The fraction of sp³-hybridized carbons (Fsp3) is 0.600. The number of pyridine rings is 1. The number of halogens is 8. The summed E-state index contributed by atoms with van der Waals surface area (Å²) in [5, 5.41) is 0. The van der Waals surface area contributed by atoms with Gasteiger partial charge in [-0.3, -0.25) is 9.69 Å². The second-order valence-corrected chi connectivity index (χ2v) is 10.5. The number of aromatic nitrogens is 1. The molecule has 242 valence electrons. The van der Waals surface area contributed by atoms with Crippen molar-refractivity contribution in [3.63, 3.8) is 0 Å². The number of fused-ring (bicyclic) bond motifs is 1. The molecule has 1 saturated carbocycles. The molecule has 43 heavy (non-hydrogen) atoms. The molecule has 0 amide bonds. The zero-order valence-electron chi connectivity index (χ0n) is 25.1. The van der Waals surface area contributed by atoms with Crippen LogP contribution < -0.4 is 4.90 Å².